The van der Waals surface area contributed by atoms with Crippen LogP contribution in [-0.2, 0) is 16.1 Å². The third kappa shape index (κ3) is 9.38. The van der Waals surface area contributed by atoms with E-state index >= 15 is 0 Å². The summed E-state index contributed by atoms with van der Waals surface area (Å²) < 4.78 is 16.3. The Kier molecular flexibility index (Phi) is 10.6. The van der Waals surface area contributed by atoms with E-state index in [-0.39, 0.29) is 0 Å². The predicted molar refractivity (Wildman–Crippen MR) is 69.8 cm³/mol. The summed E-state index contributed by atoms with van der Waals surface area (Å²) in [6.45, 7) is 10.6. The first-order valence-corrected chi connectivity index (χ1v) is 9.18. The third-order valence-electron chi connectivity index (χ3n) is 2.06. The molecule has 0 saturated carbocycles. The summed E-state index contributed by atoms with van der Waals surface area (Å²) in [6, 6.07) is 0. The van der Waals surface area contributed by atoms with Crippen LogP contribution in [0.1, 0.15) is 46.5 Å². The number of carbonyl (C=O) groups excluding carboxylic acids is 1. The van der Waals surface area contributed by atoms with E-state index in [1.54, 1.807) is 6.92 Å². The molecule has 0 N–H and O–H groups in total. The van der Waals surface area contributed by atoms with Gasteiger partial charge in [-0.3, -0.25) is 0 Å². The molecule has 0 aliphatic carbocycles. The zero-order valence-corrected chi connectivity index (χ0v) is 13.6. The van der Waals surface area contributed by atoms with Gasteiger partial charge in [-0.2, -0.15) is 0 Å². The van der Waals surface area contributed by atoms with E-state index in [9.17, 15) is 4.79 Å². The molecule has 0 spiro atoms. The van der Waals surface area contributed by atoms with Crippen LogP contribution in [0.4, 0.5) is 0 Å². The Bertz CT molecular complexity index is 221. The quantitative estimate of drug-likeness (QED) is 0.353. The first-order valence-electron chi connectivity index (χ1n) is 6.21. The second kappa shape index (κ2) is 10.8. The Morgan fingerprint density at radius 2 is 1.59 bits per heavy atom. The molecule has 0 fully saturated rings. The minimum absolute atomic E-state index is 0.388. The number of hydrogen-bond acceptors (Lipinski definition) is 4. The second-order valence-corrected chi connectivity index (χ2v) is 7.03. The molecule has 0 aliphatic heterocycles. The van der Waals surface area contributed by atoms with Crippen molar-refractivity contribution in [2.45, 2.75) is 46.5 Å². The minimum atomic E-state index is -2.82. The van der Waals surface area contributed by atoms with Crippen LogP contribution in [0.2, 0.25) is 0 Å². The molecule has 0 bridgehead atoms. The summed E-state index contributed by atoms with van der Waals surface area (Å²) in [7, 11) is 0. The predicted octanol–water partition coefficient (Wildman–Crippen LogP) is 2.46. The third-order valence-corrected chi connectivity index (χ3v) is 5.04. The standard InChI is InChI=1S/C12H24GeO4/c1-5-7-9-15-13(16-10-8-6-2)17-12(14)11(3)4/h13H,3,5-10H2,1-2,4H3. The first kappa shape index (κ1) is 16.7. The van der Waals surface area contributed by atoms with Gasteiger partial charge in [0.05, 0.1) is 0 Å². The van der Waals surface area contributed by atoms with Crippen molar-refractivity contribution in [3.8, 4) is 0 Å². The molecule has 17 heavy (non-hydrogen) atoms. The molecule has 5 heteroatoms. The van der Waals surface area contributed by atoms with Gasteiger partial charge >= 0.3 is 109 Å². The summed E-state index contributed by atoms with van der Waals surface area (Å²) in [5.41, 5.74) is 0.388. The van der Waals surface area contributed by atoms with Gasteiger partial charge in [-0.1, -0.05) is 0 Å². The van der Waals surface area contributed by atoms with E-state index in [1.807, 2.05) is 0 Å². The van der Waals surface area contributed by atoms with Gasteiger partial charge in [0.2, 0.25) is 0 Å². The Hall–Kier alpha value is -0.327. The van der Waals surface area contributed by atoms with Crippen molar-refractivity contribution in [1.82, 2.24) is 0 Å². The Morgan fingerprint density at radius 3 is 1.94 bits per heavy atom. The fourth-order valence-electron chi connectivity index (χ4n) is 0.952. The Labute approximate surface area is 109 Å². The van der Waals surface area contributed by atoms with E-state index in [0.717, 1.165) is 25.7 Å². The van der Waals surface area contributed by atoms with Crippen LogP contribution in [-0.4, -0.2) is 34.5 Å². The SMILES string of the molecule is C=C(C)C(=O)[O][GeH]([O]CCCC)[O]CCCC. The van der Waals surface area contributed by atoms with Crippen molar-refractivity contribution in [3.05, 3.63) is 12.2 Å². The molecule has 0 atom stereocenters. The van der Waals surface area contributed by atoms with Gasteiger partial charge in [0.1, 0.15) is 0 Å². The van der Waals surface area contributed by atoms with Gasteiger partial charge in [-0.25, -0.2) is 0 Å². The average molecular weight is 305 g/mol. The molecule has 0 aromatic rings. The van der Waals surface area contributed by atoms with Crippen LogP contribution >= 0.6 is 0 Å². The van der Waals surface area contributed by atoms with Crippen LogP contribution < -0.4 is 0 Å². The summed E-state index contributed by atoms with van der Waals surface area (Å²) in [5.74, 6) is -0.400. The Morgan fingerprint density at radius 1 is 1.12 bits per heavy atom. The van der Waals surface area contributed by atoms with Crippen LogP contribution in [0.3, 0.4) is 0 Å². The van der Waals surface area contributed by atoms with E-state index in [4.69, 9.17) is 11.3 Å². The van der Waals surface area contributed by atoms with Gasteiger partial charge < -0.3 is 0 Å². The van der Waals surface area contributed by atoms with Crippen LogP contribution in [0.5, 0.6) is 0 Å². The van der Waals surface area contributed by atoms with Crippen molar-refractivity contribution in [2.75, 3.05) is 13.2 Å². The fourth-order valence-corrected chi connectivity index (χ4v) is 3.74. The second-order valence-electron chi connectivity index (χ2n) is 3.92. The summed E-state index contributed by atoms with van der Waals surface area (Å²) in [4.78, 5) is 11.4. The van der Waals surface area contributed by atoms with E-state index in [0.29, 0.717) is 18.8 Å². The molecule has 0 rings (SSSR count). The van der Waals surface area contributed by atoms with Crippen molar-refractivity contribution in [2.24, 2.45) is 0 Å². The molecular weight excluding hydrogens is 281 g/mol. The summed E-state index contributed by atoms with van der Waals surface area (Å²) in [6.07, 6.45) is 4.03. The fraction of sp³-hybridized carbons (Fsp3) is 0.750. The number of hydrogen-bond donors (Lipinski definition) is 0. The molecule has 0 radical (unpaired) electrons. The van der Waals surface area contributed by atoms with Gasteiger partial charge in [-0.15, -0.1) is 0 Å². The van der Waals surface area contributed by atoms with Crippen molar-refractivity contribution in [1.29, 1.82) is 0 Å². The van der Waals surface area contributed by atoms with Gasteiger partial charge in [0.15, 0.2) is 0 Å². The molecule has 100 valence electrons. The van der Waals surface area contributed by atoms with E-state index in [1.165, 1.54) is 0 Å². The molecule has 0 saturated heterocycles. The van der Waals surface area contributed by atoms with Gasteiger partial charge in [0, 0.05) is 0 Å². The summed E-state index contributed by atoms with van der Waals surface area (Å²) >= 11 is -2.82. The maximum absolute atomic E-state index is 11.4. The van der Waals surface area contributed by atoms with Crippen molar-refractivity contribution in [3.63, 3.8) is 0 Å². The average Bonchev–Trinajstić information content (AvgIpc) is 2.29. The monoisotopic (exact) mass is 306 g/mol. The number of rotatable bonds is 10. The van der Waals surface area contributed by atoms with Gasteiger partial charge in [-0.05, 0) is 0 Å². The topological polar surface area (TPSA) is 44.8 Å². The Balaban J connectivity index is 4.00. The van der Waals surface area contributed by atoms with E-state index in [2.05, 4.69) is 20.4 Å². The molecule has 0 aromatic carbocycles. The molecule has 0 unspecified atom stereocenters. The van der Waals surface area contributed by atoms with Crippen LogP contribution in [0, 0.1) is 0 Å². The van der Waals surface area contributed by atoms with Gasteiger partial charge in [0.25, 0.3) is 0 Å². The molecule has 0 aromatic heterocycles. The first-order chi connectivity index (χ1) is 8.11. The molecule has 0 aliphatic rings. The normalized spacial score (nSPS) is 10.6. The molecule has 0 heterocycles. The zero-order chi connectivity index (χ0) is 13.1. The molecule has 4 nitrogen and oxygen atoms in total. The number of unbranched alkanes of at least 4 members (excludes halogenated alkanes) is 2. The summed E-state index contributed by atoms with van der Waals surface area (Å²) in [5, 5.41) is 0. The molecule has 0 amide bonds. The van der Waals surface area contributed by atoms with Crippen molar-refractivity contribution >= 4 is 21.3 Å². The molecular formula is C12H24GeO4. The maximum atomic E-state index is 11.4. The van der Waals surface area contributed by atoms with Crippen LogP contribution in [0.25, 0.3) is 0 Å². The number of carbonyl (C=O) groups is 1. The van der Waals surface area contributed by atoms with E-state index < -0.39 is 21.3 Å². The zero-order valence-electron chi connectivity index (χ0n) is 11.2. The van der Waals surface area contributed by atoms with Crippen molar-refractivity contribution < 1.29 is 16.1 Å². The van der Waals surface area contributed by atoms with Crippen LogP contribution in [0.15, 0.2) is 12.2 Å².